The fourth-order valence-corrected chi connectivity index (χ4v) is 2.24. The molecule has 2 atom stereocenters. The molecule has 0 aromatic rings. The first kappa shape index (κ1) is 19.3. The highest BCUT2D eigenvalue weighted by Gasteiger charge is 2.59. The summed E-state index contributed by atoms with van der Waals surface area (Å²) in [6, 6.07) is -0.902. The molecule has 0 unspecified atom stereocenters. The van der Waals surface area contributed by atoms with E-state index < -0.39 is 29.8 Å². The highest BCUT2D eigenvalue weighted by atomic mass is 19.1. The van der Waals surface area contributed by atoms with Gasteiger partial charge < -0.3 is 14.8 Å². The second-order valence-electron chi connectivity index (χ2n) is 5.38. The molecule has 8 heteroatoms. The molecular weight excluding hydrogens is 307 g/mol. The number of carbonyl (C=O) groups is 3. The maximum Gasteiger partial charge on any atom is 0.358 e. The quantitative estimate of drug-likeness (QED) is 0.361. The Morgan fingerprint density at radius 1 is 1.17 bits per heavy atom. The number of carbonyl (C=O) groups excluding carboxylic acids is 3. The lowest BCUT2D eigenvalue weighted by Gasteiger charge is -2.34. The number of nitrogens with one attached hydrogen (secondary N) is 2. The van der Waals surface area contributed by atoms with E-state index in [0.29, 0.717) is 6.42 Å². The number of ether oxygens (including phenoxy) is 2. The predicted molar refractivity (Wildman–Crippen MR) is 80.3 cm³/mol. The van der Waals surface area contributed by atoms with E-state index in [2.05, 4.69) is 17.0 Å². The summed E-state index contributed by atoms with van der Waals surface area (Å²) >= 11 is 0. The lowest BCUT2D eigenvalue weighted by molar-refractivity contribution is -0.179. The molecule has 1 fully saturated rings. The van der Waals surface area contributed by atoms with E-state index in [1.54, 1.807) is 5.32 Å². The number of hydrogen-bond acceptors (Lipinski definition) is 5. The third kappa shape index (κ3) is 5.16. The second-order valence-corrected chi connectivity index (χ2v) is 5.38. The Morgan fingerprint density at radius 3 is 2.48 bits per heavy atom. The lowest BCUT2D eigenvalue weighted by Crippen LogP contribution is -2.71. The number of alkyl halides is 1. The molecule has 3 amide bonds. The van der Waals surface area contributed by atoms with Crippen molar-refractivity contribution < 1.29 is 28.2 Å². The van der Waals surface area contributed by atoms with Crippen LogP contribution in [-0.2, 0) is 19.1 Å². The van der Waals surface area contributed by atoms with Gasteiger partial charge in [0.05, 0.1) is 6.61 Å². The van der Waals surface area contributed by atoms with Gasteiger partial charge in [-0.2, -0.15) is 0 Å². The molecule has 1 aliphatic rings. The molecule has 132 valence electrons. The van der Waals surface area contributed by atoms with Crippen molar-refractivity contribution in [2.45, 2.75) is 64.3 Å². The van der Waals surface area contributed by atoms with Crippen LogP contribution in [0, 0.1) is 0 Å². The van der Waals surface area contributed by atoms with Gasteiger partial charge in [-0.05, 0) is 13.3 Å². The number of urea groups is 1. The van der Waals surface area contributed by atoms with Gasteiger partial charge in [0.2, 0.25) is 0 Å². The first-order valence-corrected chi connectivity index (χ1v) is 8.06. The van der Waals surface area contributed by atoms with Crippen molar-refractivity contribution in [1.29, 1.82) is 0 Å². The summed E-state index contributed by atoms with van der Waals surface area (Å²) in [6.45, 7) is 3.66. The second kappa shape index (κ2) is 9.44. The van der Waals surface area contributed by atoms with Crippen LogP contribution in [0.1, 0.15) is 52.4 Å². The molecular formula is C15H25FN2O5. The van der Waals surface area contributed by atoms with Crippen LogP contribution < -0.4 is 10.6 Å². The monoisotopic (exact) mass is 332 g/mol. The Labute approximate surface area is 135 Å². The molecule has 0 radical (unpaired) electrons. The van der Waals surface area contributed by atoms with Crippen LogP contribution in [0.15, 0.2) is 0 Å². The van der Waals surface area contributed by atoms with E-state index in [1.807, 2.05) is 0 Å². The van der Waals surface area contributed by atoms with Crippen LogP contribution in [0.2, 0.25) is 0 Å². The molecule has 0 aromatic heterocycles. The van der Waals surface area contributed by atoms with Crippen molar-refractivity contribution in [2.24, 2.45) is 0 Å². The summed E-state index contributed by atoms with van der Waals surface area (Å²) in [5, 5.41) is 3.84. The SMILES string of the molecule is CCCCCCCCO[C@H]1NC(=O)NC(=O)[C@@]1(F)C(=O)OCC. The zero-order valence-corrected chi connectivity index (χ0v) is 13.7. The van der Waals surface area contributed by atoms with Gasteiger partial charge in [-0.3, -0.25) is 10.1 Å². The van der Waals surface area contributed by atoms with Gasteiger partial charge in [0.1, 0.15) is 0 Å². The number of rotatable bonds is 10. The molecule has 1 rings (SSSR count). The lowest BCUT2D eigenvalue weighted by atomic mass is 10.0. The number of unbranched alkanes of at least 4 members (excludes halogenated alkanes) is 5. The number of hydrogen-bond donors (Lipinski definition) is 2. The van der Waals surface area contributed by atoms with Crippen LogP contribution in [0.25, 0.3) is 0 Å². The first-order chi connectivity index (χ1) is 11.0. The largest absolute Gasteiger partial charge is 0.463 e. The average Bonchev–Trinajstić information content (AvgIpc) is 2.51. The molecule has 1 heterocycles. The van der Waals surface area contributed by atoms with Gasteiger partial charge in [0.25, 0.3) is 5.91 Å². The van der Waals surface area contributed by atoms with Crippen molar-refractivity contribution in [2.75, 3.05) is 13.2 Å². The molecule has 1 saturated heterocycles. The van der Waals surface area contributed by atoms with Gasteiger partial charge in [0.15, 0.2) is 6.23 Å². The van der Waals surface area contributed by atoms with E-state index in [9.17, 15) is 18.8 Å². The summed E-state index contributed by atoms with van der Waals surface area (Å²) < 4.78 is 24.7. The van der Waals surface area contributed by atoms with E-state index in [1.165, 1.54) is 6.92 Å². The summed E-state index contributed by atoms with van der Waals surface area (Å²) in [7, 11) is 0. The molecule has 0 saturated carbocycles. The minimum absolute atomic E-state index is 0.0874. The number of imide groups is 1. The van der Waals surface area contributed by atoms with Crippen molar-refractivity contribution in [3.05, 3.63) is 0 Å². The van der Waals surface area contributed by atoms with Crippen LogP contribution in [-0.4, -0.2) is 43.0 Å². The topological polar surface area (TPSA) is 93.7 Å². The molecule has 1 aliphatic heterocycles. The zero-order valence-electron chi connectivity index (χ0n) is 13.7. The molecule has 0 bridgehead atoms. The summed E-state index contributed by atoms with van der Waals surface area (Å²) in [4.78, 5) is 34.8. The molecule has 23 heavy (non-hydrogen) atoms. The van der Waals surface area contributed by atoms with Gasteiger partial charge in [0, 0.05) is 6.61 Å². The number of halogens is 1. The smallest absolute Gasteiger partial charge is 0.358 e. The Hall–Kier alpha value is -1.70. The average molecular weight is 332 g/mol. The molecule has 7 nitrogen and oxygen atoms in total. The molecule has 0 aromatic carbocycles. The number of esters is 1. The Balaban J connectivity index is 2.55. The fourth-order valence-electron chi connectivity index (χ4n) is 2.24. The minimum Gasteiger partial charge on any atom is -0.463 e. The third-order valence-electron chi connectivity index (χ3n) is 3.54. The van der Waals surface area contributed by atoms with Crippen LogP contribution >= 0.6 is 0 Å². The highest BCUT2D eigenvalue weighted by Crippen LogP contribution is 2.23. The van der Waals surface area contributed by atoms with Crippen molar-refractivity contribution in [3.63, 3.8) is 0 Å². The van der Waals surface area contributed by atoms with Gasteiger partial charge in [-0.1, -0.05) is 39.0 Å². The van der Waals surface area contributed by atoms with E-state index in [4.69, 9.17) is 4.74 Å². The van der Waals surface area contributed by atoms with E-state index >= 15 is 0 Å². The first-order valence-electron chi connectivity index (χ1n) is 8.06. The van der Waals surface area contributed by atoms with Crippen LogP contribution in [0.3, 0.4) is 0 Å². The summed E-state index contributed by atoms with van der Waals surface area (Å²) in [5.41, 5.74) is -3.08. The van der Waals surface area contributed by atoms with Crippen molar-refractivity contribution in [1.82, 2.24) is 10.6 Å². The summed E-state index contributed by atoms with van der Waals surface area (Å²) in [5.74, 6) is -2.74. The van der Waals surface area contributed by atoms with E-state index in [-0.39, 0.29) is 13.2 Å². The minimum atomic E-state index is -3.08. The van der Waals surface area contributed by atoms with Gasteiger partial charge >= 0.3 is 17.7 Å². The standard InChI is InChI=1S/C15H25FN2O5/c1-3-5-6-7-8-9-10-23-12-15(16,13(20)22-4-2)11(19)17-14(21)18-12/h12H,3-10H2,1-2H3,(H2,17,18,19,21)/t12-,15+/m1/s1. The highest BCUT2D eigenvalue weighted by molar-refractivity contribution is 6.14. The maximum absolute atomic E-state index is 14.8. The molecule has 0 spiro atoms. The van der Waals surface area contributed by atoms with Crippen molar-refractivity contribution in [3.8, 4) is 0 Å². The van der Waals surface area contributed by atoms with Gasteiger partial charge in [-0.15, -0.1) is 0 Å². The maximum atomic E-state index is 14.8. The Bertz CT molecular complexity index is 432. The van der Waals surface area contributed by atoms with Gasteiger partial charge in [-0.25, -0.2) is 14.0 Å². The zero-order chi connectivity index (χ0) is 17.3. The third-order valence-corrected chi connectivity index (χ3v) is 3.54. The van der Waals surface area contributed by atoms with E-state index in [0.717, 1.165) is 32.1 Å². The van der Waals surface area contributed by atoms with Crippen molar-refractivity contribution >= 4 is 17.9 Å². The Morgan fingerprint density at radius 2 is 1.83 bits per heavy atom. The van der Waals surface area contributed by atoms with Crippen LogP contribution in [0.4, 0.5) is 9.18 Å². The Kier molecular flexibility index (Phi) is 7.94. The predicted octanol–water partition coefficient (Wildman–Crippen LogP) is 1.80. The van der Waals surface area contributed by atoms with Crippen LogP contribution in [0.5, 0.6) is 0 Å². The fraction of sp³-hybridized carbons (Fsp3) is 0.800. The normalized spacial score (nSPS) is 24.0. The molecule has 0 aliphatic carbocycles. The number of amides is 3. The molecule has 2 N–H and O–H groups in total. The summed E-state index contributed by atoms with van der Waals surface area (Å²) in [6.07, 6.45) is 4.32.